The maximum atomic E-state index is 13.0. The molecule has 0 radical (unpaired) electrons. The van der Waals surface area contributed by atoms with Crippen LogP contribution in [0.25, 0.3) is 0 Å². The van der Waals surface area contributed by atoms with Gasteiger partial charge in [-0.25, -0.2) is 8.78 Å². The Bertz CT molecular complexity index is 506. The molecule has 0 aliphatic carbocycles. The van der Waals surface area contributed by atoms with Crippen LogP contribution in [0.15, 0.2) is 6.20 Å². The molecule has 0 saturated carbocycles. The number of nitrogens with zero attached hydrogens (tertiary/aromatic N) is 1. The third-order valence-corrected chi connectivity index (χ3v) is 2.85. The van der Waals surface area contributed by atoms with E-state index in [2.05, 4.69) is 14.5 Å². The Morgan fingerprint density at radius 3 is 2.50 bits per heavy atom. The van der Waals surface area contributed by atoms with Crippen LogP contribution in [-0.4, -0.2) is 24.4 Å². The molecule has 0 N–H and O–H groups in total. The van der Waals surface area contributed by atoms with Crippen LogP contribution in [0.3, 0.4) is 0 Å². The number of rotatable bonds is 4. The highest BCUT2D eigenvalue weighted by Gasteiger charge is 2.36. The lowest BCUT2D eigenvalue weighted by Crippen LogP contribution is -2.20. The van der Waals surface area contributed by atoms with Crippen LogP contribution in [0.1, 0.15) is 17.7 Å². The average molecular weight is 411 g/mol. The summed E-state index contributed by atoms with van der Waals surface area (Å²) in [7, 11) is 1.02. The van der Waals surface area contributed by atoms with Crippen molar-refractivity contribution >= 4 is 28.6 Å². The van der Waals surface area contributed by atoms with Crippen LogP contribution in [0.4, 0.5) is 22.0 Å². The number of pyridine rings is 1. The molecule has 10 heteroatoms. The number of halogens is 6. The molecule has 0 bridgehead atoms. The van der Waals surface area contributed by atoms with Crippen LogP contribution in [0, 0.1) is 3.57 Å². The summed E-state index contributed by atoms with van der Waals surface area (Å²) in [5.41, 5.74) is -1.59. The van der Waals surface area contributed by atoms with Gasteiger partial charge in [0.1, 0.15) is 0 Å². The first-order chi connectivity index (χ1) is 9.15. The van der Waals surface area contributed by atoms with Crippen LogP contribution in [0.2, 0.25) is 0 Å². The Hall–Kier alpha value is -1.20. The number of esters is 1. The number of methoxy groups -OCH3 is 1. The molecule has 0 aliphatic rings. The van der Waals surface area contributed by atoms with Gasteiger partial charge in [0, 0.05) is 6.20 Å². The predicted molar refractivity (Wildman–Crippen MR) is 64.3 cm³/mol. The van der Waals surface area contributed by atoms with Gasteiger partial charge in [0.05, 0.1) is 28.4 Å². The van der Waals surface area contributed by atoms with Crippen molar-refractivity contribution in [2.75, 3.05) is 7.11 Å². The molecular formula is C10H7F5INO3. The highest BCUT2D eigenvalue weighted by atomic mass is 127. The topological polar surface area (TPSA) is 48.4 Å². The first-order valence-corrected chi connectivity index (χ1v) is 6.01. The van der Waals surface area contributed by atoms with Crippen LogP contribution in [-0.2, 0) is 16.0 Å². The zero-order chi connectivity index (χ0) is 15.5. The first-order valence-electron chi connectivity index (χ1n) is 4.93. The second-order valence-electron chi connectivity index (χ2n) is 3.40. The minimum Gasteiger partial charge on any atom is -0.469 e. The second kappa shape index (κ2) is 6.50. The smallest absolute Gasteiger partial charge is 0.469 e. The average Bonchev–Trinajstić information content (AvgIpc) is 2.31. The molecule has 1 aromatic heterocycles. The molecule has 0 saturated heterocycles. The molecule has 0 aliphatic heterocycles. The molecule has 1 rings (SSSR count). The fourth-order valence-electron chi connectivity index (χ4n) is 1.32. The van der Waals surface area contributed by atoms with Crippen molar-refractivity contribution in [3.05, 3.63) is 21.0 Å². The molecule has 0 amide bonds. The lowest BCUT2D eigenvalue weighted by atomic mass is 10.1. The van der Waals surface area contributed by atoms with Gasteiger partial charge in [-0.1, -0.05) is 0 Å². The highest BCUT2D eigenvalue weighted by molar-refractivity contribution is 14.1. The fraction of sp³-hybridized carbons (Fsp3) is 0.400. The van der Waals surface area contributed by atoms with E-state index in [0.717, 1.165) is 13.3 Å². The van der Waals surface area contributed by atoms with Gasteiger partial charge in [-0.2, -0.15) is 0 Å². The molecule has 20 heavy (non-hydrogen) atoms. The minimum atomic E-state index is -5.13. The molecule has 0 unspecified atom stereocenters. The fourth-order valence-corrected chi connectivity index (χ4v) is 1.86. The Labute approximate surface area is 123 Å². The van der Waals surface area contributed by atoms with Crippen LogP contribution < -0.4 is 4.74 Å². The number of alkyl halides is 5. The number of ether oxygens (including phenoxy) is 2. The van der Waals surface area contributed by atoms with Crippen molar-refractivity contribution in [2.24, 2.45) is 0 Å². The minimum absolute atomic E-state index is 0.246. The summed E-state index contributed by atoms with van der Waals surface area (Å²) in [6.45, 7) is 0. The van der Waals surface area contributed by atoms with Gasteiger partial charge in [0.15, 0.2) is 5.75 Å². The lowest BCUT2D eigenvalue weighted by Gasteiger charge is -2.16. The number of carbonyl (C=O) groups is 1. The first kappa shape index (κ1) is 16.9. The van der Waals surface area contributed by atoms with E-state index in [1.54, 1.807) is 0 Å². The SMILES string of the molecule is COC(=O)Cc1ncc(I)c(OC(F)(F)F)c1C(F)F. The quantitative estimate of drug-likeness (QED) is 0.434. The zero-order valence-electron chi connectivity index (χ0n) is 9.80. The summed E-state index contributed by atoms with van der Waals surface area (Å²) in [5, 5.41) is 0. The summed E-state index contributed by atoms with van der Waals surface area (Å²) in [5.74, 6) is -1.96. The zero-order valence-corrected chi connectivity index (χ0v) is 12.0. The van der Waals surface area contributed by atoms with E-state index in [1.165, 1.54) is 22.6 Å². The maximum Gasteiger partial charge on any atom is 0.573 e. The van der Waals surface area contributed by atoms with Gasteiger partial charge in [0.25, 0.3) is 6.43 Å². The number of carbonyl (C=O) groups excluding carboxylic acids is 1. The van der Waals surface area contributed by atoms with Gasteiger partial charge in [-0.05, 0) is 22.6 Å². The van der Waals surface area contributed by atoms with Crippen LogP contribution in [0.5, 0.6) is 5.75 Å². The monoisotopic (exact) mass is 411 g/mol. The van der Waals surface area contributed by atoms with Crippen molar-refractivity contribution in [1.82, 2.24) is 4.98 Å². The maximum absolute atomic E-state index is 13.0. The van der Waals surface area contributed by atoms with Crippen molar-refractivity contribution < 1.29 is 36.2 Å². The largest absolute Gasteiger partial charge is 0.573 e. The lowest BCUT2D eigenvalue weighted by molar-refractivity contribution is -0.275. The molecule has 0 atom stereocenters. The Kier molecular flexibility index (Phi) is 5.48. The molecule has 0 aromatic carbocycles. The summed E-state index contributed by atoms with van der Waals surface area (Å²) in [6.07, 6.45) is -8.19. The normalized spacial score (nSPS) is 11.6. The Morgan fingerprint density at radius 1 is 1.45 bits per heavy atom. The number of hydrogen-bond donors (Lipinski definition) is 0. The van der Waals surface area contributed by atoms with Crippen molar-refractivity contribution in [1.29, 1.82) is 0 Å². The van der Waals surface area contributed by atoms with E-state index in [1.807, 2.05) is 0 Å². The van der Waals surface area contributed by atoms with Crippen molar-refractivity contribution in [3.63, 3.8) is 0 Å². The van der Waals surface area contributed by atoms with Gasteiger partial charge >= 0.3 is 12.3 Å². The standard InChI is InChI=1S/C10H7F5INO3/c1-19-6(18)2-5-7(9(11)12)8(4(16)3-17-5)20-10(13,14)15/h3,9H,2H2,1H3. The van der Waals surface area contributed by atoms with E-state index < -0.39 is 42.2 Å². The van der Waals surface area contributed by atoms with Crippen LogP contribution >= 0.6 is 22.6 Å². The summed E-state index contributed by atoms with van der Waals surface area (Å²) in [6, 6.07) is 0. The highest BCUT2D eigenvalue weighted by Crippen LogP contribution is 2.38. The molecule has 1 aromatic rings. The van der Waals surface area contributed by atoms with Crippen molar-refractivity contribution in [3.8, 4) is 5.75 Å². The van der Waals surface area contributed by atoms with Gasteiger partial charge < -0.3 is 9.47 Å². The summed E-state index contributed by atoms with van der Waals surface area (Å²) >= 11 is 1.38. The third kappa shape index (κ3) is 4.42. The van der Waals surface area contributed by atoms with E-state index in [4.69, 9.17) is 0 Å². The van der Waals surface area contributed by atoms with Crippen molar-refractivity contribution in [2.45, 2.75) is 19.2 Å². The van der Waals surface area contributed by atoms with E-state index >= 15 is 0 Å². The van der Waals surface area contributed by atoms with E-state index in [0.29, 0.717) is 0 Å². The second-order valence-corrected chi connectivity index (χ2v) is 4.56. The predicted octanol–water partition coefficient (Wildman–Crippen LogP) is 3.24. The molecule has 1 heterocycles. The third-order valence-electron chi connectivity index (χ3n) is 2.08. The van der Waals surface area contributed by atoms with E-state index in [9.17, 15) is 26.7 Å². The molecule has 112 valence electrons. The van der Waals surface area contributed by atoms with Gasteiger partial charge in [-0.15, -0.1) is 13.2 Å². The Morgan fingerprint density at radius 2 is 2.05 bits per heavy atom. The van der Waals surface area contributed by atoms with Gasteiger partial charge in [-0.3, -0.25) is 9.78 Å². The number of aromatic nitrogens is 1. The molecule has 0 fully saturated rings. The molecular weight excluding hydrogens is 404 g/mol. The Balaban J connectivity index is 3.33. The van der Waals surface area contributed by atoms with E-state index in [-0.39, 0.29) is 3.57 Å². The number of hydrogen-bond acceptors (Lipinski definition) is 4. The summed E-state index contributed by atoms with van der Waals surface area (Å²) < 4.78 is 70.3. The summed E-state index contributed by atoms with van der Waals surface area (Å²) in [4.78, 5) is 14.6. The molecule has 0 spiro atoms. The van der Waals surface area contributed by atoms with Gasteiger partial charge in [0.2, 0.25) is 0 Å². The molecule has 4 nitrogen and oxygen atoms in total.